The Hall–Kier alpha value is -2.74. The predicted molar refractivity (Wildman–Crippen MR) is 120 cm³/mol. The average Bonchev–Trinajstić information content (AvgIpc) is 3.43. The van der Waals surface area contributed by atoms with Crippen LogP contribution in [0, 0.1) is 20.8 Å². The van der Waals surface area contributed by atoms with Gasteiger partial charge in [0.1, 0.15) is 0 Å². The van der Waals surface area contributed by atoms with E-state index in [2.05, 4.69) is 10.4 Å². The highest BCUT2D eigenvalue weighted by Crippen LogP contribution is 2.41. The highest BCUT2D eigenvalue weighted by molar-refractivity contribution is 7.91. The van der Waals surface area contributed by atoms with Crippen LogP contribution in [-0.2, 0) is 9.84 Å². The Balaban J connectivity index is 1.63. The average molecular weight is 439 g/mol. The molecule has 3 aromatic rings. The van der Waals surface area contributed by atoms with Crippen LogP contribution in [0.4, 0.5) is 5.69 Å². The largest absolute Gasteiger partial charge is 0.321 e. The smallest absolute Gasteiger partial charge is 0.256 e. The molecule has 1 atom stereocenters. The summed E-state index contributed by atoms with van der Waals surface area (Å²) in [6.07, 6.45) is 2.64. The van der Waals surface area contributed by atoms with E-state index in [9.17, 15) is 13.2 Å². The van der Waals surface area contributed by atoms with Crippen molar-refractivity contribution < 1.29 is 13.2 Å². The molecule has 2 fully saturated rings. The number of pyridine rings is 1. The van der Waals surface area contributed by atoms with Gasteiger partial charge in [-0.05, 0) is 57.2 Å². The standard InChI is InChI=1S/C23H26N4O3S/c1-13-5-4-6-14(2)21(13)25-23(28)18-11-19(16-7-8-16)24-22-20(18)15(3)26-27(22)17-9-10-31(29,30)12-17/h4-6,11,16-17H,7-10,12H2,1-3H3,(H,25,28)/t17-/m0/s1. The summed E-state index contributed by atoms with van der Waals surface area (Å²) in [6.45, 7) is 5.81. The Kier molecular flexibility index (Phi) is 4.66. The number of aryl methyl sites for hydroxylation is 3. The zero-order valence-corrected chi connectivity index (χ0v) is 18.8. The molecule has 1 saturated heterocycles. The molecule has 2 aliphatic rings. The van der Waals surface area contributed by atoms with Gasteiger partial charge in [-0.3, -0.25) is 4.79 Å². The molecule has 162 valence electrons. The number of fused-ring (bicyclic) bond motifs is 1. The summed E-state index contributed by atoms with van der Waals surface area (Å²) in [5, 5.41) is 8.45. The zero-order valence-electron chi connectivity index (χ0n) is 18.0. The third-order valence-corrected chi connectivity index (χ3v) is 8.12. The van der Waals surface area contributed by atoms with Crippen LogP contribution in [0.5, 0.6) is 0 Å². The molecule has 0 radical (unpaired) electrons. The van der Waals surface area contributed by atoms with Crippen LogP contribution in [0.1, 0.15) is 64.1 Å². The fourth-order valence-corrected chi connectivity index (χ4v) is 6.21. The highest BCUT2D eigenvalue weighted by Gasteiger charge is 2.34. The van der Waals surface area contributed by atoms with Crippen molar-refractivity contribution in [2.45, 2.75) is 52.0 Å². The Bertz CT molecular complexity index is 1300. The second-order valence-corrected chi connectivity index (χ2v) is 11.1. The molecule has 3 heterocycles. The van der Waals surface area contributed by atoms with Crippen LogP contribution in [0.3, 0.4) is 0 Å². The van der Waals surface area contributed by atoms with Gasteiger partial charge >= 0.3 is 0 Å². The molecule has 1 saturated carbocycles. The quantitative estimate of drug-likeness (QED) is 0.668. The molecule has 1 aliphatic carbocycles. The first kappa shape index (κ1) is 20.2. The second kappa shape index (κ2) is 7.15. The van der Waals surface area contributed by atoms with Gasteiger partial charge in [-0.1, -0.05) is 18.2 Å². The summed E-state index contributed by atoms with van der Waals surface area (Å²) in [7, 11) is -3.06. The first-order chi connectivity index (χ1) is 14.7. The number of rotatable bonds is 4. The molecule has 5 rings (SSSR count). The molecule has 2 aromatic heterocycles. The number of carbonyl (C=O) groups is 1. The highest BCUT2D eigenvalue weighted by atomic mass is 32.2. The van der Waals surface area contributed by atoms with Crippen LogP contribution in [0.15, 0.2) is 24.3 Å². The van der Waals surface area contributed by atoms with Crippen LogP contribution < -0.4 is 5.32 Å². The number of nitrogens with zero attached hydrogens (tertiary/aromatic N) is 3. The number of anilines is 1. The first-order valence-corrected chi connectivity index (χ1v) is 12.5. The van der Waals surface area contributed by atoms with E-state index < -0.39 is 9.84 Å². The Morgan fingerprint density at radius 1 is 1.13 bits per heavy atom. The summed E-state index contributed by atoms with van der Waals surface area (Å²) in [6, 6.07) is 7.58. The lowest BCUT2D eigenvalue weighted by atomic mass is 10.1. The van der Waals surface area contributed by atoms with Gasteiger partial charge in [0.2, 0.25) is 0 Å². The van der Waals surface area contributed by atoms with E-state index in [1.165, 1.54) is 0 Å². The summed E-state index contributed by atoms with van der Waals surface area (Å²) < 4.78 is 25.9. The van der Waals surface area contributed by atoms with E-state index in [4.69, 9.17) is 4.98 Å². The maximum Gasteiger partial charge on any atom is 0.256 e. The van der Waals surface area contributed by atoms with Crippen molar-refractivity contribution in [3.8, 4) is 0 Å². The van der Waals surface area contributed by atoms with Gasteiger partial charge in [0.25, 0.3) is 5.91 Å². The molecule has 1 amide bonds. The third-order valence-electron chi connectivity index (χ3n) is 6.37. The minimum Gasteiger partial charge on any atom is -0.321 e. The van der Waals surface area contributed by atoms with Gasteiger partial charge in [0, 0.05) is 17.3 Å². The molecule has 0 unspecified atom stereocenters. The lowest BCUT2D eigenvalue weighted by Crippen LogP contribution is -2.16. The van der Waals surface area contributed by atoms with Gasteiger partial charge in [-0.2, -0.15) is 5.10 Å². The SMILES string of the molecule is Cc1cccc(C)c1NC(=O)c1cc(C2CC2)nc2c1c(C)nn2[C@H]1CCS(=O)(=O)C1. The normalized spacial score (nSPS) is 20.3. The van der Waals surface area contributed by atoms with E-state index >= 15 is 0 Å². The van der Waals surface area contributed by atoms with Crippen molar-refractivity contribution in [2.24, 2.45) is 0 Å². The van der Waals surface area contributed by atoms with E-state index in [-0.39, 0.29) is 23.5 Å². The van der Waals surface area contributed by atoms with Crippen molar-refractivity contribution in [1.29, 1.82) is 0 Å². The molecule has 1 N–H and O–H groups in total. The van der Waals surface area contributed by atoms with Crippen LogP contribution >= 0.6 is 0 Å². The van der Waals surface area contributed by atoms with Crippen LogP contribution in [0.2, 0.25) is 0 Å². The molecule has 31 heavy (non-hydrogen) atoms. The Labute approximate surface area is 181 Å². The van der Waals surface area contributed by atoms with E-state index in [0.29, 0.717) is 34.6 Å². The number of para-hydroxylation sites is 1. The van der Waals surface area contributed by atoms with Gasteiger partial charge in [-0.15, -0.1) is 0 Å². The molecule has 0 spiro atoms. The number of hydrogen-bond acceptors (Lipinski definition) is 5. The van der Waals surface area contributed by atoms with Gasteiger partial charge in [-0.25, -0.2) is 18.1 Å². The molecule has 7 nitrogen and oxygen atoms in total. The second-order valence-electron chi connectivity index (χ2n) is 8.88. The van der Waals surface area contributed by atoms with E-state index in [0.717, 1.165) is 35.3 Å². The Morgan fingerprint density at radius 2 is 1.84 bits per heavy atom. The predicted octanol–water partition coefficient (Wildman–Crippen LogP) is 3.85. The number of nitrogens with one attached hydrogen (secondary N) is 1. The third kappa shape index (κ3) is 3.63. The maximum absolute atomic E-state index is 13.4. The maximum atomic E-state index is 13.4. The lowest BCUT2D eigenvalue weighted by molar-refractivity contribution is 0.102. The summed E-state index contributed by atoms with van der Waals surface area (Å²) in [4.78, 5) is 18.3. The fourth-order valence-electron chi connectivity index (χ4n) is 4.52. The summed E-state index contributed by atoms with van der Waals surface area (Å²) >= 11 is 0. The van der Waals surface area contributed by atoms with Gasteiger partial charge < -0.3 is 5.32 Å². The van der Waals surface area contributed by atoms with Crippen LogP contribution in [-0.4, -0.2) is 40.6 Å². The number of amides is 1. The minimum absolute atomic E-state index is 0.0719. The molecule has 1 aromatic carbocycles. The number of sulfone groups is 1. The number of carbonyl (C=O) groups excluding carboxylic acids is 1. The van der Waals surface area contributed by atoms with E-state index in [1.807, 2.05) is 45.0 Å². The van der Waals surface area contributed by atoms with Gasteiger partial charge in [0.05, 0.1) is 34.2 Å². The first-order valence-electron chi connectivity index (χ1n) is 10.7. The molecule has 8 heteroatoms. The summed E-state index contributed by atoms with van der Waals surface area (Å²) in [5.74, 6) is 0.406. The monoisotopic (exact) mass is 438 g/mol. The number of hydrogen-bond donors (Lipinski definition) is 1. The summed E-state index contributed by atoms with van der Waals surface area (Å²) in [5.41, 5.74) is 5.59. The molecule has 0 bridgehead atoms. The lowest BCUT2D eigenvalue weighted by Gasteiger charge is -2.14. The molecular formula is C23H26N4O3S. The minimum atomic E-state index is -3.06. The Morgan fingerprint density at radius 3 is 2.45 bits per heavy atom. The van der Waals surface area contributed by atoms with Crippen molar-refractivity contribution in [2.75, 3.05) is 16.8 Å². The zero-order chi connectivity index (χ0) is 21.9. The fraction of sp³-hybridized carbons (Fsp3) is 0.435. The van der Waals surface area contributed by atoms with Crippen molar-refractivity contribution >= 4 is 32.5 Å². The topological polar surface area (TPSA) is 93.9 Å². The van der Waals surface area contributed by atoms with Crippen LogP contribution in [0.25, 0.3) is 11.0 Å². The number of benzene rings is 1. The number of aromatic nitrogens is 3. The van der Waals surface area contributed by atoms with E-state index in [1.54, 1.807) is 4.68 Å². The van der Waals surface area contributed by atoms with Gasteiger partial charge in [0.15, 0.2) is 15.5 Å². The molecular weight excluding hydrogens is 412 g/mol. The van der Waals surface area contributed by atoms with Crippen molar-refractivity contribution in [1.82, 2.24) is 14.8 Å². The molecule has 1 aliphatic heterocycles. The van der Waals surface area contributed by atoms with Crippen molar-refractivity contribution in [3.05, 3.63) is 52.3 Å². The van der Waals surface area contributed by atoms with Crippen molar-refractivity contribution in [3.63, 3.8) is 0 Å².